The third-order valence-corrected chi connectivity index (χ3v) is 5.50. The van der Waals surface area contributed by atoms with Crippen LogP contribution in [-0.2, 0) is 19.3 Å². The highest BCUT2D eigenvalue weighted by molar-refractivity contribution is 5.93. The van der Waals surface area contributed by atoms with Gasteiger partial charge in [0, 0.05) is 16.8 Å². The van der Waals surface area contributed by atoms with Crippen LogP contribution in [0.3, 0.4) is 0 Å². The summed E-state index contributed by atoms with van der Waals surface area (Å²) in [6.45, 7) is 0. The van der Waals surface area contributed by atoms with Gasteiger partial charge < -0.3 is 9.84 Å². The second-order valence-electron chi connectivity index (χ2n) is 7.12. The van der Waals surface area contributed by atoms with E-state index in [1.807, 2.05) is 0 Å². The van der Waals surface area contributed by atoms with Crippen molar-refractivity contribution in [2.45, 2.75) is 44.6 Å². The Morgan fingerprint density at radius 2 is 2.07 bits per heavy atom. The van der Waals surface area contributed by atoms with E-state index in [0.717, 1.165) is 61.0 Å². The second-order valence-corrected chi connectivity index (χ2v) is 7.12. The van der Waals surface area contributed by atoms with Crippen molar-refractivity contribution in [3.8, 4) is 5.69 Å². The fourth-order valence-electron chi connectivity index (χ4n) is 4.14. The Hall–Kier alpha value is -2.96. The molecule has 1 unspecified atom stereocenters. The minimum atomic E-state index is -0.316. The lowest BCUT2D eigenvalue weighted by molar-refractivity contribution is 0.0898. The van der Waals surface area contributed by atoms with Crippen molar-refractivity contribution >= 4 is 5.91 Å². The number of hydrogen-bond acceptors (Lipinski definition) is 4. The Bertz CT molecular complexity index is 1020. The smallest absolute Gasteiger partial charge is 0.290 e. The van der Waals surface area contributed by atoms with Gasteiger partial charge in [0.15, 0.2) is 0 Å². The van der Waals surface area contributed by atoms with E-state index < -0.39 is 0 Å². The van der Waals surface area contributed by atoms with Gasteiger partial charge in [0.1, 0.15) is 11.5 Å². The number of hydrogen-bond donors (Lipinski definition) is 1. The molecular weight excluding hydrogens is 347 g/mol. The number of amides is 1. The number of aryl methyl sites for hydroxylation is 1. The molecule has 0 spiro atoms. The van der Waals surface area contributed by atoms with Crippen molar-refractivity contribution in [2.75, 3.05) is 0 Å². The standard InChI is InChI=1S/C20H19FN4O2/c21-14-6-2-4-8-18(14)25-17-10-9-15(13(17)11-22-25)23-20(26)19-12-5-1-3-7-16(12)24-27-19/h2,4,6,8,11,15H,1,3,5,7,9-10H2,(H,23,26). The van der Waals surface area contributed by atoms with Crippen LogP contribution < -0.4 is 5.32 Å². The zero-order valence-corrected chi connectivity index (χ0v) is 14.7. The van der Waals surface area contributed by atoms with Crippen molar-refractivity contribution < 1.29 is 13.7 Å². The molecule has 0 saturated heterocycles. The molecule has 27 heavy (non-hydrogen) atoms. The van der Waals surface area contributed by atoms with Crippen LogP contribution in [0.1, 0.15) is 58.4 Å². The monoisotopic (exact) mass is 366 g/mol. The van der Waals surface area contributed by atoms with Crippen LogP contribution in [0.4, 0.5) is 4.39 Å². The molecule has 1 atom stereocenters. The van der Waals surface area contributed by atoms with E-state index in [1.165, 1.54) is 6.07 Å². The molecule has 6 nitrogen and oxygen atoms in total. The molecule has 2 heterocycles. The topological polar surface area (TPSA) is 73.0 Å². The summed E-state index contributed by atoms with van der Waals surface area (Å²) in [7, 11) is 0. The molecule has 2 aromatic heterocycles. The number of halogens is 1. The quantitative estimate of drug-likeness (QED) is 0.772. The third-order valence-electron chi connectivity index (χ3n) is 5.50. The molecule has 1 amide bonds. The average molecular weight is 366 g/mol. The lowest BCUT2D eigenvalue weighted by Crippen LogP contribution is -2.27. The van der Waals surface area contributed by atoms with E-state index in [4.69, 9.17) is 4.52 Å². The maximum Gasteiger partial charge on any atom is 0.290 e. The third kappa shape index (κ3) is 2.65. The van der Waals surface area contributed by atoms with Crippen LogP contribution in [0.5, 0.6) is 0 Å². The van der Waals surface area contributed by atoms with Crippen LogP contribution in [0, 0.1) is 5.82 Å². The molecule has 3 aromatic rings. The number of carbonyl (C=O) groups excluding carboxylic acids is 1. The molecule has 0 saturated carbocycles. The molecule has 2 aliphatic carbocycles. The fourth-order valence-corrected chi connectivity index (χ4v) is 4.14. The first-order valence-electron chi connectivity index (χ1n) is 9.32. The number of para-hydroxylation sites is 1. The van der Waals surface area contributed by atoms with E-state index in [2.05, 4.69) is 15.6 Å². The first-order valence-corrected chi connectivity index (χ1v) is 9.32. The van der Waals surface area contributed by atoms with E-state index >= 15 is 0 Å². The van der Waals surface area contributed by atoms with Gasteiger partial charge >= 0.3 is 0 Å². The Morgan fingerprint density at radius 1 is 1.22 bits per heavy atom. The highest BCUT2D eigenvalue weighted by Crippen LogP contribution is 2.33. The van der Waals surface area contributed by atoms with Crippen LogP contribution in [0.25, 0.3) is 5.69 Å². The Morgan fingerprint density at radius 3 is 2.96 bits per heavy atom. The van der Waals surface area contributed by atoms with E-state index in [-0.39, 0.29) is 17.8 Å². The first-order chi connectivity index (χ1) is 13.2. The molecule has 0 radical (unpaired) electrons. The lowest BCUT2D eigenvalue weighted by atomic mass is 9.96. The molecule has 0 bridgehead atoms. The highest BCUT2D eigenvalue weighted by atomic mass is 19.1. The number of fused-ring (bicyclic) bond motifs is 2. The van der Waals surface area contributed by atoms with Crippen molar-refractivity contribution in [3.05, 3.63) is 64.6 Å². The van der Waals surface area contributed by atoms with Crippen LogP contribution in [-0.4, -0.2) is 20.8 Å². The number of rotatable bonds is 3. The lowest BCUT2D eigenvalue weighted by Gasteiger charge is -2.13. The Labute approximate surface area is 155 Å². The Kier molecular flexibility index (Phi) is 3.81. The van der Waals surface area contributed by atoms with Gasteiger partial charge in [-0.25, -0.2) is 9.07 Å². The predicted molar refractivity (Wildman–Crippen MR) is 95.2 cm³/mol. The molecule has 1 aromatic carbocycles. The van der Waals surface area contributed by atoms with Crippen molar-refractivity contribution in [2.24, 2.45) is 0 Å². The van der Waals surface area contributed by atoms with Gasteiger partial charge in [-0.2, -0.15) is 5.10 Å². The van der Waals surface area contributed by atoms with Crippen molar-refractivity contribution in [3.63, 3.8) is 0 Å². The van der Waals surface area contributed by atoms with Gasteiger partial charge in [0.05, 0.1) is 17.9 Å². The summed E-state index contributed by atoms with van der Waals surface area (Å²) in [5, 5.41) is 11.5. The zero-order chi connectivity index (χ0) is 18.4. The van der Waals surface area contributed by atoms with Gasteiger partial charge in [-0.05, 0) is 50.7 Å². The highest BCUT2D eigenvalue weighted by Gasteiger charge is 2.31. The summed E-state index contributed by atoms with van der Waals surface area (Å²) in [6.07, 6.45) is 7.04. The maximum absolute atomic E-state index is 14.1. The molecular formula is C20H19FN4O2. The van der Waals surface area contributed by atoms with E-state index in [9.17, 15) is 9.18 Å². The van der Waals surface area contributed by atoms with Gasteiger partial charge in [-0.1, -0.05) is 17.3 Å². The molecule has 0 fully saturated rings. The zero-order valence-electron chi connectivity index (χ0n) is 14.7. The van der Waals surface area contributed by atoms with E-state index in [0.29, 0.717) is 11.4 Å². The van der Waals surface area contributed by atoms with Gasteiger partial charge in [-0.3, -0.25) is 4.79 Å². The summed E-state index contributed by atoms with van der Waals surface area (Å²) in [6, 6.07) is 6.41. The average Bonchev–Trinajstić information content (AvgIpc) is 3.38. The summed E-state index contributed by atoms with van der Waals surface area (Å²) in [5.41, 5.74) is 4.14. The number of nitrogens with zero attached hydrogens (tertiary/aromatic N) is 3. The van der Waals surface area contributed by atoms with Gasteiger partial charge in [0.2, 0.25) is 5.76 Å². The number of nitrogens with one attached hydrogen (secondary N) is 1. The molecule has 0 aliphatic heterocycles. The molecule has 7 heteroatoms. The van der Waals surface area contributed by atoms with Crippen molar-refractivity contribution in [1.82, 2.24) is 20.3 Å². The van der Waals surface area contributed by atoms with Crippen molar-refractivity contribution in [1.29, 1.82) is 0 Å². The second kappa shape index (κ2) is 6.33. The number of aromatic nitrogens is 3. The molecule has 1 N–H and O–H groups in total. The van der Waals surface area contributed by atoms with E-state index in [1.54, 1.807) is 29.1 Å². The first kappa shape index (κ1) is 16.2. The summed E-state index contributed by atoms with van der Waals surface area (Å²) < 4.78 is 21.1. The number of benzene rings is 1. The molecule has 2 aliphatic rings. The van der Waals surface area contributed by atoms with Gasteiger partial charge in [0.25, 0.3) is 5.91 Å². The summed E-state index contributed by atoms with van der Waals surface area (Å²) in [5.74, 6) is -0.217. The van der Waals surface area contributed by atoms with Gasteiger partial charge in [-0.15, -0.1) is 0 Å². The maximum atomic E-state index is 14.1. The summed E-state index contributed by atoms with van der Waals surface area (Å²) >= 11 is 0. The molecule has 138 valence electrons. The minimum absolute atomic E-state index is 0.155. The van der Waals surface area contributed by atoms with Crippen LogP contribution >= 0.6 is 0 Å². The minimum Gasteiger partial charge on any atom is -0.350 e. The molecule has 5 rings (SSSR count). The number of carbonyl (C=O) groups is 1. The Balaban J connectivity index is 1.40. The summed E-state index contributed by atoms with van der Waals surface area (Å²) in [4.78, 5) is 12.7. The van der Waals surface area contributed by atoms with Crippen LogP contribution in [0.2, 0.25) is 0 Å². The largest absolute Gasteiger partial charge is 0.350 e. The predicted octanol–water partition coefficient (Wildman–Crippen LogP) is 3.30. The van der Waals surface area contributed by atoms with Crippen LogP contribution in [0.15, 0.2) is 35.0 Å². The fraction of sp³-hybridized carbons (Fsp3) is 0.350. The SMILES string of the molecule is O=C(NC1CCc2c1cnn2-c1ccccc1F)c1onc2c1CCCC2. The normalized spacial score (nSPS) is 18.2.